The van der Waals surface area contributed by atoms with Crippen LogP contribution in [0.25, 0.3) is 0 Å². The first-order valence-electron chi connectivity index (χ1n) is 6.35. The molecule has 1 rings (SSSR count). The fourth-order valence-electron chi connectivity index (χ4n) is 1.26. The first-order chi connectivity index (χ1) is 8.45. The van der Waals surface area contributed by atoms with Gasteiger partial charge in [0, 0.05) is 33.7 Å². The van der Waals surface area contributed by atoms with E-state index in [0.717, 1.165) is 13.0 Å². The molecule has 0 aliphatic heterocycles. The topological polar surface area (TPSA) is 57.2 Å². The van der Waals surface area contributed by atoms with Crippen LogP contribution in [-0.4, -0.2) is 48.7 Å². The molecule has 0 fully saturated rings. The average Bonchev–Trinajstić information content (AvgIpc) is 2.34. The molecule has 1 N–H and O–H groups in total. The number of hydrogen-bond acceptors (Lipinski definition) is 6. The first kappa shape index (κ1) is 14.5. The van der Waals surface area contributed by atoms with Crippen LogP contribution in [0.3, 0.4) is 0 Å². The van der Waals surface area contributed by atoms with E-state index in [1.165, 1.54) is 0 Å². The Kier molecular flexibility index (Phi) is 5.12. The minimum absolute atomic E-state index is 0.349. The van der Waals surface area contributed by atoms with Gasteiger partial charge in [0.1, 0.15) is 0 Å². The maximum absolute atomic E-state index is 4.45. The summed E-state index contributed by atoms with van der Waals surface area (Å²) in [6.07, 6.45) is 1.04. The van der Waals surface area contributed by atoms with Crippen LogP contribution in [0.5, 0.6) is 0 Å². The van der Waals surface area contributed by atoms with Crippen molar-refractivity contribution in [1.82, 2.24) is 15.0 Å². The molecule has 6 heteroatoms. The zero-order valence-corrected chi connectivity index (χ0v) is 12.2. The maximum atomic E-state index is 4.45. The van der Waals surface area contributed by atoms with Crippen molar-refractivity contribution < 1.29 is 0 Å². The highest BCUT2D eigenvalue weighted by atomic mass is 15.3. The first-order valence-corrected chi connectivity index (χ1v) is 6.35. The summed E-state index contributed by atoms with van der Waals surface area (Å²) in [6.45, 7) is 7.19. The molecule has 1 aromatic heterocycles. The van der Waals surface area contributed by atoms with Crippen LogP contribution in [0.4, 0.5) is 17.8 Å². The molecule has 1 aromatic rings. The minimum atomic E-state index is 0.349. The lowest BCUT2D eigenvalue weighted by molar-refractivity contribution is 0.723. The van der Waals surface area contributed by atoms with Crippen LogP contribution in [0, 0.1) is 0 Å². The van der Waals surface area contributed by atoms with Gasteiger partial charge in [0.05, 0.1) is 0 Å². The van der Waals surface area contributed by atoms with Gasteiger partial charge in [-0.15, -0.1) is 0 Å². The maximum Gasteiger partial charge on any atom is 0.231 e. The number of rotatable bonds is 6. The van der Waals surface area contributed by atoms with Crippen molar-refractivity contribution >= 4 is 17.8 Å². The molecule has 0 radical (unpaired) electrons. The number of aromatic nitrogens is 3. The number of nitrogens with zero attached hydrogens (tertiary/aromatic N) is 5. The summed E-state index contributed by atoms with van der Waals surface area (Å²) in [7, 11) is 5.85. The van der Waals surface area contributed by atoms with Crippen molar-refractivity contribution in [2.75, 3.05) is 42.8 Å². The summed E-state index contributed by atoms with van der Waals surface area (Å²) in [5.74, 6) is 2.01. The van der Waals surface area contributed by atoms with Gasteiger partial charge in [-0.05, 0) is 20.3 Å². The Labute approximate surface area is 109 Å². The van der Waals surface area contributed by atoms with Crippen molar-refractivity contribution in [2.45, 2.75) is 33.2 Å². The van der Waals surface area contributed by atoms with Crippen LogP contribution < -0.4 is 15.1 Å². The summed E-state index contributed by atoms with van der Waals surface area (Å²) < 4.78 is 0. The lowest BCUT2D eigenvalue weighted by atomic mass is 10.4. The van der Waals surface area contributed by atoms with Crippen molar-refractivity contribution in [2.24, 2.45) is 0 Å². The summed E-state index contributed by atoms with van der Waals surface area (Å²) >= 11 is 0. The second kappa shape index (κ2) is 6.37. The van der Waals surface area contributed by atoms with Gasteiger partial charge in [0.2, 0.25) is 17.8 Å². The zero-order chi connectivity index (χ0) is 13.7. The molecule has 18 heavy (non-hydrogen) atoms. The number of nitrogens with one attached hydrogen (secondary N) is 1. The predicted octanol–water partition coefficient (Wildman–Crippen LogP) is 1.60. The van der Waals surface area contributed by atoms with E-state index < -0.39 is 0 Å². The fraction of sp³-hybridized carbons (Fsp3) is 0.750. The molecule has 1 heterocycles. The lowest BCUT2D eigenvalue weighted by Gasteiger charge is -2.23. The second-order valence-corrected chi connectivity index (χ2v) is 4.78. The largest absolute Gasteiger partial charge is 0.354 e. The Morgan fingerprint density at radius 1 is 1.06 bits per heavy atom. The summed E-state index contributed by atoms with van der Waals surface area (Å²) in [5.41, 5.74) is 0. The fourth-order valence-corrected chi connectivity index (χ4v) is 1.26. The van der Waals surface area contributed by atoms with Gasteiger partial charge >= 0.3 is 0 Å². The summed E-state index contributed by atoms with van der Waals surface area (Å²) in [5, 5.41) is 3.21. The van der Waals surface area contributed by atoms with E-state index in [1.54, 1.807) is 0 Å². The van der Waals surface area contributed by atoms with E-state index in [9.17, 15) is 0 Å². The smallest absolute Gasteiger partial charge is 0.231 e. The van der Waals surface area contributed by atoms with Crippen LogP contribution in [0.1, 0.15) is 27.2 Å². The lowest BCUT2D eigenvalue weighted by Crippen LogP contribution is -2.29. The van der Waals surface area contributed by atoms with Gasteiger partial charge in [0.15, 0.2) is 0 Å². The highest BCUT2D eigenvalue weighted by Crippen LogP contribution is 2.15. The monoisotopic (exact) mass is 252 g/mol. The third kappa shape index (κ3) is 3.72. The predicted molar refractivity (Wildman–Crippen MR) is 76.5 cm³/mol. The van der Waals surface area contributed by atoms with E-state index in [4.69, 9.17) is 0 Å². The molecule has 6 nitrogen and oxygen atoms in total. The molecule has 0 bridgehead atoms. The van der Waals surface area contributed by atoms with Crippen LogP contribution >= 0.6 is 0 Å². The number of anilines is 3. The molecular formula is C12H24N6. The Balaban J connectivity index is 3.05. The molecular weight excluding hydrogens is 228 g/mol. The molecule has 0 saturated heterocycles. The molecule has 0 spiro atoms. The molecule has 0 aromatic carbocycles. The Morgan fingerprint density at radius 2 is 1.67 bits per heavy atom. The summed E-state index contributed by atoms with van der Waals surface area (Å²) in [6, 6.07) is 0.349. The Hall–Kier alpha value is -1.59. The molecule has 102 valence electrons. The third-order valence-corrected chi connectivity index (χ3v) is 2.63. The highest BCUT2D eigenvalue weighted by molar-refractivity contribution is 5.44. The minimum Gasteiger partial charge on any atom is -0.354 e. The van der Waals surface area contributed by atoms with Gasteiger partial charge in [-0.3, -0.25) is 0 Å². The quantitative estimate of drug-likeness (QED) is 0.830. The normalized spacial score (nSPS) is 10.6. The average molecular weight is 252 g/mol. The zero-order valence-electron chi connectivity index (χ0n) is 12.2. The van der Waals surface area contributed by atoms with Crippen molar-refractivity contribution in [3.63, 3.8) is 0 Å². The molecule has 0 saturated carbocycles. The van der Waals surface area contributed by atoms with Crippen LogP contribution in [0.15, 0.2) is 0 Å². The van der Waals surface area contributed by atoms with Gasteiger partial charge in [-0.25, -0.2) is 0 Å². The van der Waals surface area contributed by atoms with Gasteiger partial charge in [-0.2, -0.15) is 15.0 Å². The molecule has 0 amide bonds. The van der Waals surface area contributed by atoms with Crippen molar-refractivity contribution in [3.05, 3.63) is 0 Å². The summed E-state index contributed by atoms with van der Waals surface area (Å²) in [4.78, 5) is 17.2. The standard InChI is InChI=1S/C12H24N6/c1-7-8-13-10-14-11(17(4)5)16-12(15-10)18(6)9(2)3/h9H,7-8H2,1-6H3,(H,13,14,15,16). The van der Waals surface area contributed by atoms with Gasteiger partial charge in [0.25, 0.3) is 0 Å². The van der Waals surface area contributed by atoms with E-state index in [-0.39, 0.29) is 0 Å². The molecule has 0 aliphatic rings. The molecule has 0 atom stereocenters. The van der Waals surface area contributed by atoms with Crippen LogP contribution in [-0.2, 0) is 0 Å². The van der Waals surface area contributed by atoms with Crippen molar-refractivity contribution in [3.8, 4) is 0 Å². The Morgan fingerprint density at radius 3 is 2.17 bits per heavy atom. The van der Waals surface area contributed by atoms with E-state index in [1.807, 2.05) is 30.9 Å². The molecule has 0 aliphatic carbocycles. The van der Waals surface area contributed by atoms with E-state index in [0.29, 0.717) is 23.9 Å². The van der Waals surface area contributed by atoms with Crippen LogP contribution in [0.2, 0.25) is 0 Å². The second-order valence-electron chi connectivity index (χ2n) is 4.78. The van der Waals surface area contributed by atoms with Crippen molar-refractivity contribution in [1.29, 1.82) is 0 Å². The van der Waals surface area contributed by atoms with E-state index >= 15 is 0 Å². The van der Waals surface area contributed by atoms with Gasteiger partial charge in [-0.1, -0.05) is 6.92 Å². The molecule has 0 unspecified atom stereocenters. The highest BCUT2D eigenvalue weighted by Gasteiger charge is 2.13. The van der Waals surface area contributed by atoms with Gasteiger partial charge < -0.3 is 15.1 Å². The number of hydrogen-bond donors (Lipinski definition) is 1. The van der Waals surface area contributed by atoms with E-state index in [2.05, 4.69) is 41.0 Å². The third-order valence-electron chi connectivity index (χ3n) is 2.63. The SMILES string of the molecule is CCCNc1nc(N(C)C)nc(N(C)C(C)C)n1. The Bertz CT molecular complexity index is 377.